The lowest BCUT2D eigenvalue weighted by Crippen LogP contribution is -2.38. The van der Waals surface area contributed by atoms with Crippen molar-refractivity contribution in [2.24, 2.45) is 5.92 Å². The van der Waals surface area contributed by atoms with E-state index in [1.807, 2.05) is 4.90 Å². The molecule has 13 heteroatoms. The number of rotatable bonds is 5. The highest BCUT2D eigenvalue weighted by Gasteiger charge is 2.38. The fourth-order valence-corrected chi connectivity index (χ4v) is 5.86. The van der Waals surface area contributed by atoms with Crippen molar-refractivity contribution in [2.45, 2.75) is 36.6 Å². The van der Waals surface area contributed by atoms with Gasteiger partial charge in [-0.05, 0) is 31.0 Å². The third kappa shape index (κ3) is 5.53. The van der Waals surface area contributed by atoms with E-state index in [4.69, 9.17) is 14.2 Å². The van der Waals surface area contributed by atoms with Gasteiger partial charge in [0, 0.05) is 44.4 Å². The van der Waals surface area contributed by atoms with Gasteiger partial charge in [0.2, 0.25) is 5.91 Å². The number of aromatic nitrogens is 1. The first-order valence-corrected chi connectivity index (χ1v) is 14.2. The predicted octanol–water partition coefficient (Wildman–Crippen LogP) is 3.44. The third-order valence-electron chi connectivity index (χ3n) is 6.93. The Bertz CT molecular complexity index is 1310. The van der Waals surface area contributed by atoms with E-state index in [0.717, 1.165) is 25.1 Å². The summed E-state index contributed by atoms with van der Waals surface area (Å²) in [6.07, 6.45) is -1.21. The highest BCUT2D eigenvalue weighted by atomic mass is 32.2. The summed E-state index contributed by atoms with van der Waals surface area (Å²) in [6.45, 7) is 2.68. The molecule has 206 valence electrons. The molecule has 38 heavy (non-hydrogen) atoms. The van der Waals surface area contributed by atoms with Crippen LogP contribution in [0.2, 0.25) is 0 Å². The van der Waals surface area contributed by atoms with Gasteiger partial charge in [-0.1, -0.05) is 0 Å². The van der Waals surface area contributed by atoms with Crippen molar-refractivity contribution in [2.75, 3.05) is 50.6 Å². The molecule has 9 nitrogen and oxygen atoms in total. The van der Waals surface area contributed by atoms with Crippen molar-refractivity contribution in [3.05, 3.63) is 36.0 Å². The van der Waals surface area contributed by atoms with Crippen molar-refractivity contribution in [1.82, 2.24) is 9.88 Å². The summed E-state index contributed by atoms with van der Waals surface area (Å²) < 4.78 is 82.2. The van der Waals surface area contributed by atoms with E-state index in [2.05, 4.69) is 4.98 Å². The second-order valence-electron chi connectivity index (χ2n) is 9.65. The number of halogens is 3. The van der Waals surface area contributed by atoms with E-state index in [9.17, 15) is 26.4 Å². The number of benzene rings is 1. The first-order valence-electron chi connectivity index (χ1n) is 12.4. The highest BCUT2D eigenvalue weighted by Crippen LogP contribution is 2.42. The number of anilines is 2. The van der Waals surface area contributed by atoms with Crippen LogP contribution in [0.15, 0.2) is 35.5 Å². The van der Waals surface area contributed by atoms with E-state index < -0.39 is 26.6 Å². The SMILES string of the molecule is CS(=O)(=O)c1ncc(N2CCOc3ccc(O[C@H]4CCN(C(=O)C5CCOCC5)C4)cc32)cc1C(F)(F)F. The smallest absolute Gasteiger partial charge is 0.419 e. The van der Waals surface area contributed by atoms with Crippen LogP contribution in [-0.2, 0) is 25.5 Å². The average Bonchev–Trinajstić information content (AvgIpc) is 3.35. The quantitative estimate of drug-likeness (QED) is 0.554. The van der Waals surface area contributed by atoms with Gasteiger partial charge < -0.3 is 24.0 Å². The summed E-state index contributed by atoms with van der Waals surface area (Å²) >= 11 is 0. The molecule has 2 fully saturated rings. The maximum absolute atomic E-state index is 13.7. The number of likely N-dealkylation sites (tertiary alicyclic amines) is 1. The number of hydrogen-bond acceptors (Lipinski definition) is 8. The highest BCUT2D eigenvalue weighted by molar-refractivity contribution is 7.90. The van der Waals surface area contributed by atoms with Gasteiger partial charge in [0.15, 0.2) is 14.9 Å². The number of fused-ring (bicyclic) bond motifs is 1. The molecule has 3 aliphatic heterocycles. The number of carbonyl (C=O) groups is 1. The molecule has 1 amide bonds. The van der Waals surface area contributed by atoms with Crippen LogP contribution in [0.5, 0.6) is 11.5 Å². The first kappa shape index (κ1) is 26.5. The molecule has 5 rings (SSSR count). The van der Waals surface area contributed by atoms with E-state index in [-0.39, 0.29) is 36.8 Å². The molecule has 1 aromatic heterocycles. The summed E-state index contributed by atoms with van der Waals surface area (Å²) in [4.78, 5) is 19.9. The number of pyridine rings is 1. The molecule has 0 N–H and O–H groups in total. The van der Waals surface area contributed by atoms with Crippen LogP contribution in [0, 0.1) is 5.92 Å². The molecule has 0 saturated carbocycles. The number of hydrogen-bond donors (Lipinski definition) is 0. The van der Waals surface area contributed by atoms with Crippen molar-refractivity contribution in [3.63, 3.8) is 0 Å². The second kappa shape index (κ2) is 10.3. The molecular formula is C25H28F3N3O6S. The van der Waals surface area contributed by atoms with E-state index in [1.54, 1.807) is 23.1 Å². The first-order chi connectivity index (χ1) is 18.0. The molecule has 0 bridgehead atoms. The topological polar surface area (TPSA) is 98.3 Å². The molecule has 4 heterocycles. The van der Waals surface area contributed by atoms with Crippen LogP contribution < -0.4 is 14.4 Å². The lowest BCUT2D eigenvalue weighted by Gasteiger charge is -2.32. The molecule has 2 aromatic rings. The largest absolute Gasteiger partial charge is 0.490 e. The van der Waals surface area contributed by atoms with Gasteiger partial charge in [-0.25, -0.2) is 13.4 Å². The van der Waals surface area contributed by atoms with Crippen molar-refractivity contribution in [3.8, 4) is 11.5 Å². The Kier molecular flexibility index (Phi) is 7.16. The molecule has 0 radical (unpaired) electrons. The molecular weight excluding hydrogens is 527 g/mol. The van der Waals surface area contributed by atoms with Crippen LogP contribution >= 0.6 is 0 Å². The molecule has 3 aliphatic rings. The fraction of sp³-hybridized carbons (Fsp3) is 0.520. The van der Waals surface area contributed by atoms with Crippen LogP contribution in [0.1, 0.15) is 24.8 Å². The van der Waals surface area contributed by atoms with E-state index in [0.29, 0.717) is 56.2 Å². The van der Waals surface area contributed by atoms with Crippen molar-refractivity contribution < 1.29 is 40.6 Å². The summed E-state index contributed by atoms with van der Waals surface area (Å²) in [6, 6.07) is 5.87. The van der Waals surface area contributed by atoms with Gasteiger partial charge in [0.25, 0.3) is 0 Å². The summed E-state index contributed by atoms with van der Waals surface area (Å²) in [7, 11) is -4.19. The monoisotopic (exact) mass is 555 g/mol. The average molecular weight is 556 g/mol. The minimum Gasteiger partial charge on any atom is -0.490 e. The summed E-state index contributed by atoms with van der Waals surface area (Å²) in [5.74, 6) is 1.03. The van der Waals surface area contributed by atoms with Crippen molar-refractivity contribution >= 4 is 27.1 Å². The maximum Gasteiger partial charge on any atom is 0.419 e. The Morgan fingerprint density at radius 2 is 1.87 bits per heavy atom. The zero-order chi connectivity index (χ0) is 27.1. The molecule has 0 spiro atoms. The fourth-order valence-electron chi connectivity index (χ4n) is 5.05. The van der Waals surface area contributed by atoms with Gasteiger partial charge in [-0.3, -0.25) is 4.79 Å². The predicted molar refractivity (Wildman–Crippen MR) is 130 cm³/mol. The Balaban J connectivity index is 1.36. The van der Waals surface area contributed by atoms with E-state index >= 15 is 0 Å². The molecule has 0 unspecified atom stereocenters. The number of sulfone groups is 1. The lowest BCUT2D eigenvalue weighted by molar-refractivity contribution is -0.140. The molecule has 2 saturated heterocycles. The summed E-state index contributed by atoms with van der Waals surface area (Å²) in [5, 5.41) is -1.01. The van der Waals surface area contributed by atoms with Crippen LogP contribution in [0.4, 0.5) is 24.5 Å². The van der Waals surface area contributed by atoms with Crippen molar-refractivity contribution in [1.29, 1.82) is 0 Å². The normalized spacial score (nSPS) is 20.7. The third-order valence-corrected chi connectivity index (χ3v) is 7.96. The molecule has 0 aliphatic carbocycles. The standard InChI is InChI=1S/C25H28F3N3O6S/c1-38(33,34)23-20(25(26,27)28)12-17(14-29-23)31-8-11-36-22-3-2-18(13-21(22)31)37-19-4-7-30(15-19)24(32)16-5-9-35-10-6-16/h2-3,12-14,16,19H,4-11,15H2,1H3/t19-/m0/s1. The molecule has 1 atom stereocenters. The zero-order valence-corrected chi connectivity index (χ0v) is 21.6. The number of carbonyl (C=O) groups excluding carboxylic acids is 1. The second-order valence-corrected chi connectivity index (χ2v) is 11.6. The Labute approximate surface area is 218 Å². The minimum atomic E-state index is -4.90. The number of alkyl halides is 3. The Morgan fingerprint density at radius 3 is 2.58 bits per heavy atom. The Hall–Kier alpha value is -3.06. The zero-order valence-electron chi connectivity index (χ0n) is 20.7. The number of ether oxygens (including phenoxy) is 3. The van der Waals surface area contributed by atoms with Crippen LogP contribution in [0.25, 0.3) is 0 Å². The van der Waals surface area contributed by atoms with Crippen LogP contribution in [0.3, 0.4) is 0 Å². The van der Waals surface area contributed by atoms with Crippen LogP contribution in [-0.4, -0.2) is 76.0 Å². The van der Waals surface area contributed by atoms with E-state index in [1.165, 1.54) is 0 Å². The Morgan fingerprint density at radius 1 is 1.11 bits per heavy atom. The van der Waals surface area contributed by atoms with Gasteiger partial charge in [-0.2, -0.15) is 13.2 Å². The maximum atomic E-state index is 13.7. The van der Waals surface area contributed by atoms with Gasteiger partial charge >= 0.3 is 6.18 Å². The lowest BCUT2D eigenvalue weighted by atomic mass is 9.99. The van der Waals surface area contributed by atoms with Gasteiger partial charge in [-0.15, -0.1) is 0 Å². The number of amides is 1. The minimum absolute atomic E-state index is 0.0266. The van der Waals surface area contributed by atoms with Gasteiger partial charge in [0.05, 0.1) is 36.2 Å². The molecule has 1 aromatic carbocycles. The van der Waals surface area contributed by atoms with Gasteiger partial charge in [0.1, 0.15) is 24.2 Å². The summed E-state index contributed by atoms with van der Waals surface area (Å²) in [5.41, 5.74) is -0.761. The number of nitrogens with zero attached hydrogens (tertiary/aromatic N) is 3.